The van der Waals surface area contributed by atoms with E-state index in [4.69, 9.17) is 10.7 Å². The number of nitrogens with two attached hydrogens (primary N) is 1. The summed E-state index contributed by atoms with van der Waals surface area (Å²) in [6.07, 6.45) is 0. The van der Waals surface area contributed by atoms with Crippen LogP contribution in [0, 0.1) is 0 Å². The predicted molar refractivity (Wildman–Crippen MR) is 279 cm³/mol. The number of anilines is 1. The molecule has 2 heterocycles. The van der Waals surface area contributed by atoms with Crippen molar-refractivity contribution in [3.8, 4) is 27.9 Å². The summed E-state index contributed by atoms with van der Waals surface area (Å²) in [6, 6.07) is 78.3. The summed E-state index contributed by atoms with van der Waals surface area (Å²) in [5, 5.41) is 9.26. The molecule has 310 valence electrons. The highest BCUT2D eigenvalue weighted by Crippen LogP contribution is 2.63. The van der Waals surface area contributed by atoms with E-state index in [1.165, 1.54) is 93.4 Å². The second-order valence-electron chi connectivity index (χ2n) is 17.9. The highest BCUT2D eigenvalue weighted by Gasteiger charge is 2.52. The van der Waals surface area contributed by atoms with Gasteiger partial charge in [0.2, 0.25) is 0 Å². The smallest absolute Gasteiger partial charge is 0.140 e. The normalized spacial score (nSPS) is 14.0. The Morgan fingerprint density at radius 1 is 0.500 bits per heavy atom. The Morgan fingerprint density at radius 3 is 1.85 bits per heavy atom. The van der Waals surface area contributed by atoms with Gasteiger partial charge < -0.3 is 10.3 Å². The quantitative estimate of drug-likeness (QED) is 0.172. The average molecular weight is 860 g/mol. The molecule has 0 radical (unpaired) electrons. The van der Waals surface area contributed by atoms with Gasteiger partial charge in [0.15, 0.2) is 0 Å². The summed E-state index contributed by atoms with van der Waals surface area (Å²) in [5.41, 5.74) is 24.6. The van der Waals surface area contributed by atoms with Crippen molar-refractivity contribution >= 4 is 81.2 Å². The van der Waals surface area contributed by atoms with E-state index in [0.29, 0.717) is 0 Å². The fourth-order valence-electron chi connectivity index (χ4n) is 11.9. The van der Waals surface area contributed by atoms with Gasteiger partial charge in [0.1, 0.15) is 5.00 Å². The summed E-state index contributed by atoms with van der Waals surface area (Å²) in [4.78, 5) is 5.79. The third-order valence-corrected chi connectivity index (χ3v) is 15.8. The van der Waals surface area contributed by atoms with Crippen molar-refractivity contribution < 1.29 is 0 Å². The lowest BCUT2D eigenvalue weighted by molar-refractivity contribution is 0.793. The van der Waals surface area contributed by atoms with Gasteiger partial charge in [-0.15, -0.1) is 11.3 Å². The first kappa shape index (κ1) is 37.3. The van der Waals surface area contributed by atoms with Crippen LogP contribution in [0.25, 0.3) is 81.4 Å². The van der Waals surface area contributed by atoms with Crippen LogP contribution in [0.4, 0.5) is 10.7 Å². The number of hydrogen-bond acceptors (Lipinski definition) is 3. The number of benzene rings is 10. The van der Waals surface area contributed by atoms with Crippen molar-refractivity contribution in [2.45, 2.75) is 18.3 Å². The number of fused-ring (bicyclic) bond motifs is 16. The molecule has 14 rings (SSSR count). The van der Waals surface area contributed by atoms with E-state index in [1.54, 1.807) is 11.3 Å². The molecular weight excluding hydrogens is 819 g/mol. The van der Waals surface area contributed by atoms with E-state index in [2.05, 4.69) is 224 Å². The molecule has 0 saturated carbocycles. The van der Waals surface area contributed by atoms with E-state index in [9.17, 15) is 0 Å². The Kier molecular flexibility index (Phi) is 7.91. The van der Waals surface area contributed by atoms with Crippen LogP contribution in [0.2, 0.25) is 0 Å². The Hall–Kier alpha value is -8.05. The van der Waals surface area contributed by atoms with Gasteiger partial charge in [0.05, 0.1) is 33.5 Å². The van der Waals surface area contributed by atoms with Crippen molar-refractivity contribution in [1.29, 1.82) is 0 Å². The largest absolute Gasteiger partial charge is 0.396 e. The van der Waals surface area contributed by atoms with Crippen LogP contribution in [0.5, 0.6) is 0 Å². The number of aliphatic imine (C=N–C) groups is 1. The Labute approximate surface area is 386 Å². The third kappa shape index (κ3) is 4.99. The van der Waals surface area contributed by atoms with Gasteiger partial charge in [-0.25, -0.2) is 4.99 Å². The van der Waals surface area contributed by atoms with Gasteiger partial charge in [-0.2, -0.15) is 0 Å². The highest BCUT2D eigenvalue weighted by atomic mass is 32.1. The number of aromatic nitrogens is 1. The first-order valence-electron chi connectivity index (χ1n) is 22.8. The Morgan fingerprint density at radius 2 is 1.08 bits per heavy atom. The molecule has 2 aliphatic carbocycles. The van der Waals surface area contributed by atoms with Crippen LogP contribution in [-0.4, -0.2) is 10.3 Å². The van der Waals surface area contributed by atoms with Gasteiger partial charge in [0.25, 0.3) is 0 Å². The monoisotopic (exact) mass is 859 g/mol. The topological polar surface area (TPSA) is 43.3 Å². The maximum atomic E-state index is 7.08. The molecule has 2 N–H and O–H groups in total. The molecule has 2 aliphatic rings. The van der Waals surface area contributed by atoms with Gasteiger partial charge >= 0.3 is 0 Å². The van der Waals surface area contributed by atoms with Crippen LogP contribution in [0.15, 0.2) is 217 Å². The Balaban J connectivity index is 1.03. The van der Waals surface area contributed by atoms with E-state index in [-0.39, 0.29) is 5.92 Å². The highest BCUT2D eigenvalue weighted by molar-refractivity contribution is 7.23. The van der Waals surface area contributed by atoms with E-state index in [1.807, 2.05) is 0 Å². The maximum Gasteiger partial charge on any atom is 0.140 e. The molecule has 1 atom stereocenters. The van der Waals surface area contributed by atoms with Crippen molar-refractivity contribution in [1.82, 2.24) is 4.57 Å². The molecule has 1 spiro atoms. The summed E-state index contributed by atoms with van der Waals surface area (Å²) in [5.74, 6) is -0.131. The van der Waals surface area contributed by atoms with E-state index < -0.39 is 5.41 Å². The van der Waals surface area contributed by atoms with E-state index >= 15 is 0 Å². The lowest BCUT2D eigenvalue weighted by Gasteiger charge is -2.30. The van der Waals surface area contributed by atoms with Crippen LogP contribution >= 0.6 is 11.3 Å². The molecule has 0 aliphatic heterocycles. The summed E-state index contributed by atoms with van der Waals surface area (Å²) in [6.45, 7) is 2.34. The number of para-hydroxylation sites is 1. The zero-order chi connectivity index (χ0) is 43.7. The standard InChI is InChI=1S/C62H41N3S/c1-37(40-24-14-26-44-41(40)25-16-33-55(44)65-54-32-12-7-21-45(54)49-35-38-17-2-3-18-39(38)36-56(49)65)60(64-61-59(63)47-23-8-13-34-57(47)66-61)48-27-15-31-53-58(48)46-22-6-11-30-52(46)62(53)50-28-9-4-19-42(50)43-20-5-10-29-51(43)62/h2-37H,63H2,1H3. The van der Waals surface area contributed by atoms with Gasteiger partial charge in [-0.1, -0.05) is 189 Å². The average Bonchev–Trinajstić information content (AvgIpc) is 4.07. The fourth-order valence-corrected chi connectivity index (χ4v) is 13.0. The van der Waals surface area contributed by atoms with Gasteiger partial charge in [-0.3, -0.25) is 0 Å². The number of nitrogens with zero attached hydrogens (tertiary/aromatic N) is 2. The second-order valence-corrected chi connectivity index (χ2v) is 19.0. The van der Waals surface area contributed by atoms with Crippen molar-refractivity contribution in [2.75, 3.05) is 5.73 Å². The minimum atomic E-state index is -0.470. The molecule has 2 aromatic heterocycles. The molecule has 66 heavy (non-hydrogen) atoms. The molecule has 12 aromatic rings. The van der Waals surface area contributed by atoms with Gasteiger partial charge in [0, 0.05) is 37.7 Å². The molecule has 10 aromatic carbocycles. The lowest BCUT2D eigenvalue weighted by Crippen LogP contribution is -2.26. The first-order chi connectivity index (χ1) is 32.6. The summed E-state index contributed by atoms with van der Waals surface area (Å²) in [7, 11) is 0. The van der Waals surface area contributed by atoms with E-state index in [0.717, 1.165) is 37.7 Å². The third-order valence-electron chi connectivity index (χ3n) is 14.7. The molecule has 0 saturated heterocycles. The van der Waals surface area contributed by atoms with Crippen molar-refractivity contribution in [3.63, 3.8) is 0 Å². The fraction of sp³-hybridized carbons (Fsp3) is 0.0484. The van der Waals surface area contributed by atoms with Crippen LogP contribution in [0.1, 0.15) is 46.2 Å². The first-order valence-corrected chi connectivity index (χ1v) is 23.6. The zero-order valence-electron chi connectivity index (χ0n) is 36.2. The minimum Gasteiger partial charge on any atom is -0.396 e. The predicted octanol–water partition coefficient (Wildman–Crippen LogP) is 16.2. The summed E-state index contributed by atoms with van der Waals surface area (Å²) >= 11 is 1.67. The molecular formula is C62H41N3S. The second kappa shape index (κ2) is 14.0. The SMILES string of the molecule is CC(C(=Nc1sc2ccccc2c1N)c1cccc2c1-c1ccccc1C21c2ccccc2-c2ccccc21)c1cccc2c(-n3c4ccccc4c4cc5ccccc5cc43)cccc12. The number of hydrogen-bond donors (Lipinski definition) is 1. The zero-order valence-corrected chi connectivity index (χ0v) is 37.0. The number of thiophene rings is 1. The lowest BCUT2D eigenvalue weighted by atomic mass is 9.70. The number of rotatable bonds is 5. The molecule has 1 unspecified atom stereocenters. The van der Waals surface area contributed by atoms with Gasteiger partial charge in [-0.05, 0) is 96.6 Å². The molecule has 4 heteroatoms. The molecule has 0 amide bonds. The van der Waals surface area contributed by atoms with Crippen LogP contribution < -0.4 is 5.73 Å². The van der Waals surface area contributed by atoms with Crippen LogP contribution in [0.3, 0.4) is 0 Å². The molecule has 3 nitrogen and oxygen atoms in total. The minimum absolute atomic E-state index is 0.131. The summed E-state index contributed by atoms with van der Waals surface area (Å²) < 4.78 is 3.61. The van der Waals surface area contributed by atoms with Crippen LogP contribution in [-0.2, 0) is 5.41 Å². The molecule has 0 bridgehead atoms. The Bertz CT molecular complexity index is 4010. The maximum absolute atomic E-state index is 7.08. The molecule has 0 fully saturated rings. The van der Waals surface area contributed by atoms with Crippen molar-refractivity contribution in [2.24, 2.45) is 4.99 Å². The van der Waals surface area contributed by atoms with Crippen molar-refractivity contribution in [3.05, 3.63) is 246 Å². The number of nitrogen functional groups attached to an aromatic ring is 1.